The lowest BCUT2D eigenvalue weighted by molar-refractivity contribution is 0.204. The molecule has 0 heterocycles. The van der Waals surface area contributed by atoms with E-state index >= 15 is 0 Å². The molecule has 1 aromatic carbocycles. The van der Waals surface area contributed by atoms with Crippen LogP contribution in [0, 0.1) is 0 Å². The number of ether oxygens (including phenoxy) is 1. The van der Waals surface area contributed by atoms with Gasteiger partial charge in [0, 0.05) is 15.2 Å². The van der Waals surface area contributed by atoms with E-state index in [1.807, 2.05) is 13.8 Å². The fourth-order valence-electron chi connectivity index (χ4n) is 1.50. The first-order valence-electron chi connectivity index (χ1n) is 5.36. The summed E-state index contributed by atoms with van der Waals surface area (Å²) in [6.07, 6.45) is 1.60. The first kappa shape index (κ1) is 16.1. The van der Waals surface area contributed by atoms with Gasteiger partial charge in [-0.25, -0.2) is 8.42 Å². The molecule has 0 aliphatic rings. The lowest BCUT2D eigenvalue weighted by Gasteiger charge is -2.17. The lowest BCUT2D eigenvalue weighted by Crippen LogP contribution is -2.13. The highest BCUT2D eigenvalue weighted by Crippen LogP contribution is 2.37. The number of benzene rings is 1. The molecule has 0 saturated carbocycles. The summed E-state index contributed by atoms with van der Waals surface area (Å²) in [6.45, 7) is 3.87. The standard InChI is InChI=1S/C11H13BrCl2O3S/c1-3-4-7(2)17-11-9(13)5-8(12)6-10(11)18(14,15)16/h5-7H,3-4H2,1-2H3. The van der Waals surface area contributed by atoms with Gasteiger partial charge in [0.05, 0.1) is 11.1 Å². The Kier molecular flexibility index (Phi) is 5.77. The van der Waals surface area contributed by atoms with Crippen LogP contribution >= 0.6 is 38.2 Å². The Morgan fingerprint density at radius 3 is 2.56 bits per heavy atom. The van der Waals surface area contributed by atoms with Gasteiger partial charge in [0.25, 0.3) is 9.05 Å². The van der Waals surface area contributed by atoms with Crippen LogP contribution in [0.15, 0.2) is 21.5 Å². The first-order valence-corrected chi connectivity index (χ1v) is 8.84. The highest BCUT2D eigenvalue weighted by molar-refractivity contribution is 9.10. The Hall–Kier alpha value is 0.0300. The van der Waals surface area contributed by atoms with Gasteiger partial charge in [0.1, 0.15) is 4.90 Å². The molecule has 0 spiro atoms. The molecule has 0 N–H and O–H groups in total. The molecular weight excluding hydrogens is 363 g/mol. The molecule has 0 aromatic heterocycles. The molecule has 1 unspecified atom stereocenters. The Balaban J connectivity index is 3.25. The summed E-state index contributed by atoms with van der Waals surface area (Å²) >= 11 is 9.18. The lowest BCUT2D eigenvalue weighted by atomic mass is 10.2. The summed E-state index contributed by atoms with van der Waals surface area (Å²) < 4.78 is 29.1. The summed E-state index contributed by atoms with van der Waals surface area (Å²) in [5.41, 5.74) is 0. The summed E-state index contributed by atoms with van der Waals surface area (Å²) in [5.74, 6) is 0.107. The summed E-state index contributed by atoms with van der Waals surface area (Å²) in [4.78, 5) is -0.119. The fourth-order valence-corrected chi connectivity index (χ4v) is 3.55. The molecule has 1 aromatic rings. The average Bonchev–Trinajstić information content (AvgIpc) is 2.20. The van der Waals surface area contributed by atoms with Gasteiger partial charge in [-0.05, 0) is 25.5 Å². The monoisotopic (exact) mass is 374 g/mol. The summed E-state index contributed by atoms with van der Waals surface area (Å²) in [5, 5.41) is 0.214. The van der Waals surface area contributed by atoms with Gasteiger partial charge in [0.2, 0.25) is 0 Å². The van der Waals surface area contributed by atoms with Gasteiger partial charge < -0.3 is 4.74 Å². The molecule has 0 saturated heterocycles. The van der Waals surface area contributed by atoms with Crippen molar-refractivity contribution in [1.82, 2.24) is 0 Å². The van der Waals surface area contributed by atoms with E-state index in [0.29, 0.717) is 4.47 Å². The van der Waals surface area contributed by atoms with Crippen LogP contribution in [0.2, 0.25) is 5.02 Å². The molecule has 1 rings (SSSR count). The van der Waals surface area contributed by atoms with Gasteiger partial charge in [-0.15, -0.1) is 0 Å². The van der Waals surface area contributed by atoms with Crippen molar-refractivity contribution in [2.24, 2.45) is 0 Å². The van der Waals surface area contributed by atoms with Crippen LogP contribution in [0.3, 0.4) is 0 Å². The number of hydrogen-bond acceptors (Lipinski definition) is 3. The van der Waals surface area contributed by atoms with E-state index in [0.717, 1.165) is 12.8 Å². The van der Waals surface area contributed by atoms with Crippen molar-refractivity contribution in [3.8, 4) is 5.75 Å². The number of rotatable bonds is 5. The van der Waals surface area contributed by atoms with Crippen LogP contribution in [-0.4, -0.2) is 14.5 Å². The van der Waals surface area contributed by atoms with Crippen molar-refractivity contribution in [3.63, 3.8) is 0 Å². The number of hydrogen-bond donors (Lipinski definition) is 0. The predicted octanol–water partition coefficient (Wildman–Crippen LogP) is 4.60. The molecular formula is C11H13BrCl2O3S. The number of halogens is 3. The highest BCUT2D eigenvalue weighted by Gasteiger charge is 2.22. The van der Waals surface area contributed by atoms with Gasteiger partial charge in [-0.2, -0.15) is 0 Å². The minimum Gasteiger partial charge on any atom is -0.488 e. The second-order valence-electron chi connectivity index (χ2n) is 3.87. The third-order valence-corrected chi connectivity index (χ3v) is 4.32. The maximum absolute atomic E-state index is 11.5. The van der Waals surface area contributed by atoms with Gasteiger partial charge in [0.15, 0.2) is 5.75 Å². The maximum Gasteiger partial charge on any atom is 0.265 e. The molecule has 18 heavy (non-hydrogen) atoms. The van der Waals surface area contributed by atoms with Crippen molar-refractivity contribution in [3.05, 3.63) is 21.6 Å². The maximum atomic E-state index is 11.5. The van der Waals surface area contributed by atoms with E-state index in [1.54, 1.807) is 6.07 Å². The van der Waals surface area contributed by atoms with E-state index in [9.17, 15) is 8.42 Å². The van der Waals surface area contributed by atoms with E-state index in [-0.39, 0.29) is 21.8 Å². The van der Waals surface area contributed by atoms with Gasteiger partial charge in [-0.3, -0.25) is 0 Å². The Bertz CT molecular complexity index is 531. The third-order valence-electron chi connectivity index (χ3n) is 2.25. The average molecular weight is 376 g/mol. The fraction of sp³-hybridized carbons (Fsp3) is 0.455. The SMILES string of the molecule is CCCC(C)Oc1c(Cl)cc(Br)cc1S(=O)(=O)Cl. The van der Waals surface area contributed by atoms with Crippen LogP contribution in [0.5, 0.6) is 5.75 Å². The Labute approximate surface area is 125 Å². The topological polar surface area (TPSA) is 43.4 Å². The molecule has 1 atom stereocenters. The molecule has 0 radical (unpaired) electrons. The van der Waals surface area contributed by atoms with Crippen LogP contribution in [-0.2, 0) is 9.05 Å². The van der Waals surface area contributed by atoms with E-state index in [1.165, 1.54) is 6.07 Å². The quantitative estimate of drug-likeness (QED) is 0.706. The van der Waals surface area contributed by atoms with Crippen LogP contribution in [0.1, 0.15) is 26.7 Å². The summed E-state index contributed by atoms with van der Waals surface area (Å²) in [7, 11) is 1.47. The molecule has 0 bridgehead atoms. The van der Waals surface area contributed by atoms with Gasteiger partial charge in [-0.1, -0.05) is 40.9 Å². The zero-order valence-corrected chi connectivity index (χ0v) is 13.8. The zero-order chi connectivity index (χ0) is 13.9. The Morgan fingerprint density at radius 2 is 2.06 bits per heavy atom. The molecule has 0 aliphatic heterocycles. The predicted molar refractivity (Wildman–Crippen MR) is 77.2 cm³/mol. The molecule has 0 aliphatic carbocycles. The van der Waals surface area contributed by atoms with Crippen molar-refractivity contribution < 1.29 is 13.2 Å². The van der Waals surface area contributed by atoms with Crippen molar-refractivity contribution >= 4 is 47.3 Å². The zero-order valence-electron chi connectivity index (χ0n) is 9.91. The molecule has 102 valence electrons. The van der Waals surface area contributed by atoms with E-state index < -0.39 is 9.05 Å². The second kappa shape index (κ2) is 6.46. The summed E-state index contributed by atoms with van der Waals surface area (Å²) in [6, 6.07) is 2.95. The normalized spacial score (nSPS) is 13.4. The minimum atomic E-state index is -3.91. The van der Waals surface area contributed by atoms with Gasteiger partial charge >= 0.3 is 0 Å². The molecule has 0 amide bonds. The first-order chi connectivity index (χ1) is 8.25. The minimum absolute atomic E-state index is 0.107. The highest BCUT2D eigenvalue weighted by atomic mass is 79.9. The van der Waals surface area contributed by atoms with Crippen LogP contribution < -0.4 is 4.74 Å². The molecule has 0 fully saturated rings. The van der Waals surface area contributed by atoms with Crippen LogP contribution in [0.4, 0.5) is 0 Å². The van der Waals surface area contributed by atoms with E-state index in [4.69, 9.17) is 27.0 Å². The van der Waals surface area contributed by atoms with Crippen LogP contribution in [0.25, 0.3) is 0 Å². The van der Waals surface area contributed by atoms with Crippen molar-refractivity contribution in [2.75, 3.05) is 0 Å². The largest absolute Gasteiger partial charge is 0.488 e. The smallest absolute Gasteiger partial charge is 0.265 e. The molecule has 7 heteroatoms. The van der Waals surface area contributed by atoms with Crippen molar-refractivity contribution in [1.29, 1.82) is 0 Å². The second-order valence-corrected chi connectivity index (χ2v) is 7.73. The van der Waals surface area contributed by atoms with E-state index in [2.05, 4.69) is 15.9 Å². The Morgan fingerprint density at radius 1 is 1.44 bits per heavy atom. The third kappa shape index (κ3) is 4.30. The van der Waals surface area contributed by atoms with Crippen molar-refractivity contribution in [2.45, 2.75) is 37.7 Å². The molecule has 3 nitrogen and oxygen atoms in total.